The summed E-state index contributed by atoms with van der Waals surface area (Å²) in [5.74, 6) is -1.32. The molecule has 1 aromatic carbocycles. The molecule has 0 aliphatic rings. The number of benzene rings is 1. The van der Waals surface area contributed by atoms with Crippen molar-refractivity contribution in [2.75, 3.05) is 0 Å². The van der Waals surface area contributed by atoms with E-state index in [9.17, 15) is 14.3 Å². The summed E-state index contributed by atoms with van der Waals surface area (Å²) in [5.41, 5.74) is 11.3. The largest absolute Gasteiger partial charge is 0.338 e. The van der Waals surface area contributed by atoms with E-state index in [1.54, 1.807) is 26.0 Å². The van der Waals surface area contributed by atoms with E-state index in [0.29, 0.717) is 0 Å². The minimum Gasteiger partial charge on any atom is -0.338 e. The van der Waals surface area contributed by atoms with Crippen LogP contribution in [0.15, 0.2) is 30.3 Å². The van der Waals surface area contributed by atoms with E-state index in [-0.39, 0.29) is 12.3 Å². The molecule has 6 heteroatoms. The smallest absolute Gasteiger partial charge is 0.282 e. The average Bonchev–Trinajstić information content (AvgIpc) is 2.37. The molecule has 3 atom stereocenters. The van der Waals surface area contributed by atoms with Gasteiger partial charge in [-0.1, -0.05) is 44.2 Å². The Morgan fingerprint density at radius 1 is 1.26 bits per heavy atom. The van der Waals surface area contributed by atoms with Crippen LogP contribution in [-0.4, -0.2) is 22.2 Å². The first-order chi connectivity index (χ1) is 8.76. The number of hydrogen-bond donors (Lipinski definition) is 3. The molecule has 0 aromatic heterocycles. The zero-order valence-electron chi connectivity index (χ0n) is 11.2. The molecule has 0 spiro atoms. The van der Waals surface area contributed by atoms with Crippen LogP contribution in [0.5, 0.6) is 0 Å². The second-order valence-electron chi connectivity index (χ2n) is 4.99. The first kappa shape index (κ1) is 16.1. The maximum Gasteiger partial charge on any atom is 0.282 e. The van der Waals surface area contributed by atoms with Gasteiger partial charge in [0.2, 0.25) is 5.52 Å². The molecule has 1 aromatic rings. The van der Waals surface area contributed by atoms with Crippen molar-refractivity contribution in [3.05, 3.63) is 35.9 Å². The fourth-order valence-electron chi connectivity index (χ4n) is 1.64. The Morgan fingerprint density at radius 3 is 2.26 bits per heavy atom. The van der Waals surface area contributed by atoms with E-state index in [0.717, 1.165) is 5.56 Å². The van der Waals surface area contributed by atoms with Crippen molar-refractivity contribution in [3.63, 3.8) is 0 Å². The second kappa shape index (κ2) is 6.44. The van der Waals surface area contributed by atoms with E-state index >= 15 is 0 Å². The van der Waals surface area contributed by atoms with E-state index in [1.165, 1.54) is 0 Å². The zero-order chi connectivity index (χ0) is 14.6. The van der Waals surface area contributed by atoms with Gasteiger partial charge in [0, 0.05) is 0 Å². The van der Waals surface area contributed by atoms with Crippen molar-refractivity contribution in [2.24, 2.45) is 17.4 Å². The molecule has 19 heavy (non-hydrogen) atoms. The zero-order valence-corrected chi connectivity index (χ0v) is 12.1. The molecule has 0 bridgehead atoms. The molecule has 1 rings (SSSR count). The van der Waals surface area contributed by atoms with Crippen molar-refractivity contribution in [1.82, 2.24) is 0 Å². The highest BCUT2D eigenvalue weighted by atomic mass is 31.2. The van der Waals surface area contributed by atoms with Gasteiger partial charge >= 0.3 is 0 Å². The minimum absolute atomic E-state index is 0.172. The topological polar surface area (TPSA) is 106 Å². The van der Waals surface area contributed by atoms with Crippen LogP contribution in [0, 0.1) is 5.92 Å². The number of hydrogen-bond acceptors (Lipinski definition) is 4. The van der Waals surface area contributed by atoms with Gasteiger partial charge < -0.3 is 16.4 Å². The number of carbonyl (C=O) groups excluding carboxylic acids is 1. The molecule has 2 unspecified atom stereocenters. The lowest BCUT2D eigenvalue weighted by Gasteiger charge is -2.22. The maximum atomic E-state index is 12.2. The quantitative estimate of drug-likeness (QED) is 0.682. The van der Waals surface area contributed by atoms with Gasteiger partial charge in [0.05, 0.1) is 11.8 Å². The lowest BCUT2D eigenvalue weighted by Crippen LogP contribution is -2.39. The molecule has 0 aliphatic carbocycles. The Bertz CT molecular complexity index is 476. The van der Waals surface area contributed by atoms with E-state index in [1.807, 2.05) is 18.2 Å². The third-order valence-corrected chi connectivity index (χ3v) is 5.07. The van der Waals surface area contributed by atoms with Crippen LogP contribution in [-0.2, 0) is 15.8 Å². The van der Waals surface area contributed by atoms with Crippen LogP contribution in [0.1, 0.15) is 19.4 Å². The van der Waals surface area contributed by atoms with Gasteiger partial charge in [-0.05, 0) is 17.9 Å². The molecule has 5 N–H and O–H groups in total. The van der Waals surface area contributed by atoms with Crippen molar-refractivity contribution in [2.45, 2.75) is 32.1 Å². The van der Waals surface area contributed by atoms with Crippen molar-refractivity contribution in [3.8, 4) is 0 Å². The van der Waals surface area contributed by atoms with Crippen molar-refractivity contribution >= 4 is 12.9 Å². The fourth-order valence-corrected chi connectivity index (χ4v) is 3.15. The molecule has 5 nitrogen and oxygen atoms in total. The van der Waals surface area contributed by atoms with Crippen LogP contribution in [0.4, 0.5) is 0 Å². The lowest BCUT2D eigenvalue weighted by atomic mass is 10.1. The average molecular weight is 284 g/mol. The first-order valence-electron chi connectivity index (χ1n) is 6.18. The number of rotatable bonds is 6. The summed E-state index contributed by atoms with van der Waals surface area (Å²) in [4.78, 5) is 21.9. The van der Waals surface area contributed by atoms with Gasteiger partial charge in [0.1, 0.15) is 0 Å². The Morgan fingerprint density at radius 2 is 1.79 bits per heavy atom. The van der Waals surface area contributed by atoms with Crippen LogP contribution in [0.25, 0.3) is 0 Å². The van der Waals surface area contributed by atoms with Crippen molar-refractivity contribution in [1.29, 1.82) is 0 Å². The molecule has 0 amide bonds. The van der Waals surface area contributed by atoms with Crippen LogP contribution < -0.4 is 11.5 Å². The third kappa shape index (κ3) is 3.98. The van der Waals surface area contributed by atoms with Gasteiger partial charge in [-0.2, -0.15) is 0 Å². The van der Waals surface area contributed by atoms with Crippen LogP contribution in [0.3, 0.4) is 0 Å². The second-order valence-corrected chi connectivity index (χ2v) is 7.34. The summed E-state index contributed by atoms with van der Waals surface area (Å²) in [7, 11) is -4.14. The van der Waals surface area contributed by atoms with E-state index in [2.05, 4.69) is 0 Å². The highest BCUT2D eigenvalue weighted by Gasteiger charge is 2.40. The van der Waals surface area contributed by atoms with Crippen LogP contribution >= 0.6 is 7.37 Å². The summed E-state index contributed by atoms with van der Waals surface area (Å²) < 4.78 is 12.2. The van der Waals surface area contributed by atoms with E-state index < -0.39 is 24.7 Å². The third-order valence-electron chi connectivity index (χ3n) is 3.06. The van der Waals surface area contributed by atoms with Gasteiger partial charge in [-0.25, -0.2) is 0 Å². The predicted molar refractivity (Wildman–Crippen MR) is 75.8 cm³/mol. The maximum absolute atomic E-state index is 12.2. The molecule has 106 valence electrons. The summed E-state index contributed by atoms with van der Waals surface area (Å²) >= 11 is 0. The molecule has 0 aliphatic heterocycles. The molecule has 0 saturated carbocycles. The SMILES string of the molecule is CC(C)[C@H](N)C(=O)P(=O)(O)C(N)Cc1ccccc1. The Balaban J connectivity index is 2.82. The molecule has 0 saturated heterocycles. The molecule has 0 heterocycles. The van der Waals surface area contributed by atoms with Crippen molar-refractivity contribution < 1.29 is 14.3 Å². The molecular formula is C13H21N2O3P. The Hall–Kier alpha value is -1.00. The predicted octanol–water partition coefficient (Wildman–Crippen LogP) is 1.29. The summed E-state index contributed by atoms with van der Waals surface area (Å²) in [5, 5.41) is 0. The summed E-state index contributed by atoms with van der Waals surface area (Å²) in [6, 6.07) is 8.10. The highest BCUT2D eigenvalue weighted by Crippen LogP contribution is 2.47. The number of nitrogens with two attached hydrogens (primary N) is 2. The lowest BCUT2D eigenvalue weighted by molar-refractivity contribution is -0.114. The van der Waals surface area contributed by atoms with Gasteiger partial charge in [-0.15, -0.1) is 0 Å². The Kier molecular flexibility index (Phi) is 5.44. The summed E-state index contributed by atoms with van der Waals surface area (Å²) in [6.07, 6.45) is 0.172. The molecular weight excluding hydrogens is 263 g/mol. The van der Waals surface area contributed by atoms with E-state index in [4.69, 9.17) is 11.5 Å². The normalized spacial score (nSPS) is 17.8. The van der Waals surface area contributed by atoms with Gasteiger partial charge in [0.25, 0.3) is 7.37 Å². The fraction of sp³-hybridized carbons (Fsp3) is 0.462. The monoisotopic (exact) mass is 284 g/mol. The standard InChI is InChI=1S/C13H21N2O3P/c1-9(2)12(15)13(16)19(17,18)11(14)8-10-6-4-3-5-7-10/h3-7,9,11-12H,8,14-15H2,1-2H3,(H,17,18)/t11?,12-/m0/s1. The molecule has 0 fully saturated rings. The van der Waals surface area contributed by atoms with Gasteiger partial charge in [0.15, 0.2) is 0 Å². The highest BCUT2D eigenvalue weighted by molar-refractivity contribution is 7.76. The minimum atomic E-state index is -4.14. The van der Waals surface area contributed by atoms with Gasteiger partial charge in [-0.3, -0.25) is 9.36 Å². The summed E-state index contributed by atoms with van der Waals surface area (Å²) in [6.45, 7) is 3.45. The molecule has 0 radical (unpaired) electrons. The Labute approximate surface area is 113 Å². The number of carbonyl (C=O) groups is 1. The van der Waals surface area contributed by atoms with Crippen LogP contribution in [0.2, 0.25) is 0 Å². The first-order valence-corrected chi connectivity index (χ1v) is 7.91.